The quantitative estimate of drug-likeness (QED) is 0.268. The van der Waals surface area contributed by atoms with Crippen LogP contribution in [0.1, 0.15) is 47.7 Å². The van der Waals surface area contributed by atoms with Crippen LogP contribution >= 0.6 is 0 Å². The number of amides is 1. The number of aliphatic carboxylic acids is 1. The molecule has 190 valence electrons. The van der Waals surface area contributed by atoms with Gasteiger partial charge < -0.3 is 20.3 Å². The van der Waals surface area contributed by atoms with Crippen LogP contribution in [-0.4, -0.2) is 55.7 Å². The van der Waals surface area contributed by atoms with Gasteiger partial charge >= 0.3 is 11.9 Å². The fourth-order valence-electron chi connectivity index (χ4n) is 3.32. The molecular formula is C24H30N2O8S. The lowest BCUT2D eigenvalue weighted by Crippen LogP contribution is -2.48. The third-order valence-electron chi connectivity index (χ3n) is 4.98. The van der Waals surface area contributed by atoms with Crippen molar-refractivity contribution in [3.05, 3.63) is 65.2 Å². The summed E-state index contributed by atoms with van der Waals surface area (Å²) in [7, 11) is -3.90. The SMILES string of the molecule is CCCCCNC(=O)[C@H](Cc1ccc(OCC(=O)O)c(C(=O)O)c1)NS(=O)(=O)Cc1ccccc1. The van der Waals surface area contributed by atoms with Gasteiger partial charge in [0.1, 0.15) is 17.4 Å². The molecule has 0 aliphatic heterocycles. The van der Waals surface area contributed by atoms with E-state index in [0.29, 0.717) is 17.7 Å². The number of carboxylic acid groups (broad SMARTS) is 2. The second-order valence-electron chi connectivity index (χ2n) is 7.94. The highest BCUT2D eigenvalue weighted by atomic mass is 32.2. The number of carboxylic acids is 2. The molecule has 0 saturated carbocycles. The summed E-state index contributed by atoms with van der Waals surface area (Å²) in [6.07, 6.45) is 2.49. The van der Waals surface area contributed by atoms with Gasteiger partial charge in [-0.25, -0.2) is 22.7 Å². The molecule has 0 aliphatic carbocycles. The van der Waals surface area contributed by atoms with E-state index in [1.807, 2.05) is 6.92 Å². The van der Waals surface area contributed by atoms with Crippen molar-refractivity contribution in [3.8, 4) is 5.75 Å². The lowest BCUT2D eigenvalue weighted by atomic mass is 10.0. The molecule has 2 aromatic carbocycles. The normalized spacial score (nSPS) is 12.0. The Morgan fingerprint density at radius 3 is 2.34 bits per heavy atom. The largest absolute Gasteiger partial charge is 0.481 e. The fraction of sp³-hybridized carbons (Fsp3) is 0.375. The molecule has 1 amide bonds. The number of nitrogens with one attached hydrogen (secondary N) is 2. The van der Waals surface area contributed by atoms with E-state index in [4.69, 9.17) is 9.84 Å². The van der Waals surface area contributed by atoms with Gasteiger partial charge in [-0.15, -0.1) is 0 Å². The van der Waals surface area contributed by atoms with Crippen LogP contribution < -0.4 is 14.8 Å². The molecule has 0 radical (unpaired) electrons. The van der Waals surface area contributed by atoms with Crippen molar-refractivity contribution in [2.24, 2.45) is 0 Å². The molecule has 1 atom stereocenters. The minimum atomic E-state index is -3.90. The van der Waals surface area contributed by atoms with E-state index >= 15 is 0 Å². The molecule has 0 saturated heterocycles. The zero-order chi connectivity index (χ0) is 25.8. The third-order valence-corrected chi connectivity index (χ3v) is 6.34. The number of rotatable bonds is 15. The number of benzene rings is 2. The van der Waals surface area contributed by atoms with Crippen LogP contribution in [0, 0.1) is 0 Å². The number of aromatic carboxylic acids is 1. The molecule has 0 unspecified atom stereocenters. The van der Waals surface area contributed by atoms with Gasteiger partial charge in [0.2, 0.25) is 15.9 Å². The van der Waals surface area contributed by atoms with Gasteiger partial charge in [0.15, 0.2) is 6.61 Å². The van der Waals surface area contributed by atoms with E-state index in [9.17, 15) is 27.9 Å². The van der Waals surface area contributed by atoms with E-state index < -0.39 is 40.5 Å². The van der Waals surface area contributed by atoms with Gasteiger partial charge in [-0.05, 0) is 36.1 Å². The van der Waals surface area contributed by atoms with E-state index in [-0.39, 0.29) is 23.5 Å². The van der Waals surface area contributed by atoms with Crippen molar-refractivity contribution in [3.63, 3.8) is 0 Å². The predicted molar refractivity (Wildman–Crippen MR) is 129 cm³/mol. The molecule has 35 heavy (non-hydrogen) atoms. The van der Waals surface area contributed by atoms with Gasteiger partial charge in [-0.2, -0.15) is 0 Å². The Morgan fingerprint density at radius 1 is 1.00 bits per heavy atom. The first-order chi connectivity index (χ1) is 16.6. The molecule has 2 rings (SSSR count). The second-order valence-corrected chi connectivity index (χ2v) is 9.69. The van der Waals surface area contributed by atoms with Crippen molar-refractivity contribution in [1.82, 2.24) is 10.0 Å². The first-order valence-corrected chi connectivity index (χ1v) is 12.8. The van der Waals surface area contributed by atoms with Gasteiger partial charge in [0.05, 0.1) is 5.75 Å². The third kappa shape index (κ3) is 9.75. The molecule has 0 aromatic heterocycles. The van der Waals surface area contributed by atoms with Crippen molar-refractivity contribution < 1.29 is 37.8 Å². The number of hydrogen-bond acceptors (Lipinski definition) is 6. The van der Waals surface area contributed by atoms with E-state index in [1.54, 1.807) is 30.3 Å². The minimum absolute atomic E-state index is 0.118. The number of carbonyl (C=O) groups excluding carboxylic acids is 1. The molecular weight excluding hydrogens is 476 g/mol. The summed E-state index contributed by atoms with van der Waals surface area (Å²) >= 11 is 0. The summed E-state index contributed by atoms with van der Waals surface area (Å²) in [6, 6.07) is 11.3. The van der Waals surface area contributed by atoms with Crippen molar-refractivity contribution in [2.45, 2.75) is 44.4 Å². The topological polar surface area (TPSA) is 159 Å². The van der Waals surface area contributed by atoms with E-state index in [0.717, 1.165) is 19.3 Å². The average Bonchev–Trinajstić information content (AvgIpc) is 2.80. The Hall–Kier alpha value is -3.44. The van der Waals surface area contributed by atoms with Crippen LogP contribution in [0.15, 0.2) is 48.5 Å². The molecule has 0 aliphatic rings. The van der Waals surface area contributed by atoms with Crippen LogP contribution in [0.25, 0.3) is 0 Å². The maximum Gasteiger partial charge on any atom is 0.341 e. The van der Waals surface area contributed by atoms with Crippen LogP contribution in [0.5, 0.6) is 5.75 Å². The highest BCUT2D eigenvalue weighted by Gasteiger charge is 2.26. The Bertz CT molecular complexity index is 1120. The van der Waals surface area contributed by atoms with E-state index in [1.165, 1.54) is 18.2 Å². The summed E-state index contributed by atoms with van der Waals surface area (Å²) in [5.74, 6) is -3.61. The van der Waals surface area contributed by atoms with Gasteiger partial charge in [-0.1, -0.05) is 56.2 Å². The van der Waals surface area contributed by atoms with Gasteiger partial charge in [0, 0.05) is 6.54 Å². The van der Waals surface area contributed by atoms with Crippen LogP contribution in [-0.2, 0) is 31.8 Å². The molecule has 10 nitrogen and oxygen atoms in total. The fourth-order valence-corrected chi connectivity index (χ4v) is 4.66. The van der Waals surface area contributed by atoms with Crippen LogP contribution in [0.3, 0.4) is 0 Å². The van der Waals surface area contributed by atoms with Crippen LogP contribution in [0.4, 0.5) is 0 Å². The van der Waals surface area contributed by atoms with Gasteiger partial charge in [-0.3, -0.25) is 4.79 Å². The first-order valence-electron chi connectivity index (χ1n) is 11.1. The van der Waals surface area contributed by atoms with Crippen molar-refractivity contribution in [1.29, 1.82) is 0 Å². The zero-order valence-electron chi connectivity index (χ0n) is 19.4. The lowest BCUT2D eigenvalue weighted by molar-refractivity contribution is -0.139. The summed E-state index contributed by atoms with van der Waals surface area (Å²) in [5.41, 5.74) is 0.620. The Morgan fingerprint density at radius 2 is 1.71 bits per heavy atom. The molecule has 4 N–H and O–H groups in total. The monoisotopic (exact) mass is 506 g/mol. The summed E-state index contributed by atoms with van der Waals surface area (Å²) in [6.45, 7) is 1.68. The molecule has 2 aromatic rings. The zero-order valence-corrected chi connectivity index (χ0v) is 20.2. The summed E-state index contributed by atoms with van der Waals surface area (Å²) in [5, 5.41) is 21.0. The predicted octanol–water partition coefficient (Wildman–Crippen LogP) is 2.19. The Labute approximate surface area is 204 Å². The minimum Gasteiger partial charge on any atom is -0.481 e. The number of hydrogen-bond donors (Lipinski definition) is 4. The second kappa shape index (κ2) is 13.4. The lowest BCUT2D eigenvalue weighted by Gasteiger charge is -2.19. The van der Waals surface area contributed by atoms with Gasteiger partial charge in [0.25, 0.3) is 0 Å². The number of unbranched alkanes of at least 4 members (excludes halogenated alkanes) is 2. The molecule has 0 bridgehead atoms. The smallest absolute Gasteiger partial charge is 0.341 e. The molecule has 0 heterocycles. The van der Waals surface area contributed by atoms with E-state index in [2.05, 4.69) is 10.0 Å². The maximum atomic E-state index is 12.9. The van der Waals surface area contributed by atoms with Crippen molar-refractivity contribution >= 4 is 27.9 Å². The molecule has 11 heteroatoms. The Balaban J connectivity index is 2.25. The van der Waals surface area contributed by atoms with Crippen LogP contribution in [0.2, 0.25) is 0 Å². The highest BCUT2D eigenvalue weighted by Crippen LogP contribution is 2.22. The highest BCUT2D eigenvalue weighted by molar-refractivity contribution is 7.88. The average molecular weight is 507 g/mol. The standard InChI is InChI=1S/C24H30N2O8S/c1-2-3-7-12-25-23(29)20(26-35(32,33)16-17-8-5-4-6-9-17)14-18-10-11-21(34-15-22(27)28)19(13-18)24(30)31/h4-6,8-11,13,20,26H,2-3,7,12,14-16H2,1H3,(H,25,29)(H,27,28)(H,30,31)/t20-/m0/s1. The first kappa shape index (κ1) is 27.8. The molecule has 0 fully saturated rings. The Kier molecular flexibility index (Phi) is 10.7. The summed E-state index contributed by atoms with van der Waals surface area (Å²) in [4.78, 5) is 35.3. The maximum absolute atomic E-state index is 12.9. The number of sulfonamides is 1. The molecule has 0 spiro atoms. The summed E-state index contributed by atoms with van der Waals surface area (Å²) < 4.78 is 33.1. The van der Waals surface area contributed by atoms with Crippen molar-refractivity contribution in [2.75, 3.05) is 13.2 Å². The number of carbonyl (C=O) groups is 3. The number of ether oxygens (including phenoxy) is 1.